The van der Waals surface area contributed by atoms with Gasteiger partial charge in [0.15, 0.2) is 0 Å². The van der Waals surface area contributed by atoms with Gasteiger partial charge in [-0.1, -0.05) is 26.0 Å². The summed E-state index contributed by atoms with van der Waals surface area (Å²) in [7, 11) is 0. The van der Waals surface area contributed by atoms with E-state index in [2.05, 4.69) is 31.2 Å². The van der Waals surface area contributed by atoms with Gasteiger partial charge in [0.2, 0.25) is 0 Å². The van der Waals surface area contributed by atoms with Gasteiger partial charge >= 0.3 is 0 Å². The van der Waals surface area contributed by atoms with E-state index in [-0.39, 0.29) is 6.10 Å². The Balaban J connectivity index is 0.000000606. The lowest BCUT2D eigenvalue weighted by molar-refractivity contribution is 0.195. The number of aliphatic hydroxyl groups is 1. The second-order valence-corrected chi connectivity index (χ2v) is 5.07. The molecule has 2 aromatic rings. The smallest absolute Gasteiger partial charge is 0.0552 e. The first-order valence-electron chi connectivity index (χ1n) is 5.82. The third kappa shape index (κ3) is 3.32. The SMILES string of the molecule is CC.Cc1cc2ccc(CC(C)O)cc2s1. The minimum atomic E-state index is -0.256. The Kier molecular flexibility index (Phi) is 4.97. The number of hydrogen-bond donors (Lipinski definition) is 1. The molecule has 1 N–H and O–H groups in total. The summed E-state index contributed by atoms with van der Waals surface area (Å²) in [6, 6.07) is 8.61. The van der Waals surface area contributed by atoms with Crippen LogP contribution in [0.5, 0.6) is 0 Å². The largest absolute Gasteiger partial charge is 0.393 e. The van der Waals surface area contributed by atoms with Crippen LogP contribution < -0.4 is 0 Å². The van der Waals surface area contributed by atoms with Crippen molar-refractivity contribution in [2.24, 2.45) is 0 Å². The van der Waals surface area contributed by atoms with Crippen LogP contribution in [0.1, 0.15) is 31.2 Å². The molecule has 0 spiro atoms. The van der Waals surface area contributed by atoms with Crippen molar-refractivity contribution >= 4 is 21.4 Å². The first-order valence-corrected chi connectivity index (χ1v) is 6.64. The molecule has 1 unspecified atom stereocenters. The molecule has 1 aromatic carbocycles. The van der Waals surface area contributed by atoms with Crippen LogP contribution in [0.15, 0.2) is 24.3 Å². The van der Waals surface area contributed by atoms with Gasteiger partial charge in [-0.05, 0) is 43.4 Å². The minimum Gasteiger partial charge on any atom is -0.393 e. The minimum absolute atomic E-state index is 0.256. The van der Waals surface area contributed by atoms with E-state index in [0.29, 0.717) is 0 Å². The number of aryl methyl sites for hydroxylation is 1. The van der Waals surface area contributed by atoms with Gasteiger partial charge in [0.05, 0.1) is 6.10 Å². The molecule has 0 aliphatic heterocycles. The molecule has 1 aromatic heterocycles. The fourth-order valence-corrected chi connectivity index (χ4v) is 2.66. The molecule has 0 radical (unpaired) electrons. The zero-order valence-corrected chi connectivity index (χ0v) is 11.3. The van der Waals surface area contributed by atoms with Crippen LogP contribution in [0, 0.1) is 6.92 Å². The summed E-state index contributed by atoms with van der Waals surface area (Å²) in [4.78, 5) is 1.34. The van der Waals surface area contributed by atoms with Crippen molar-refractivity contribution in [1.82, 2.24) is 0 Å². The summed E-state index contributed by atoms with van der Waals surface area (Å²) in [6.07, 6.45) is 0.487. The Labute approximate surface area is 102 Å². The van der Waals surface area contributed by atoms with E-state index < -0.39 is 0 Å². The molecule has 2 rings (SSSR count). The standard InChI is InChI=1S/C12H14OS.C2H6/c1-8(13)5-10-3-4-11-6-9(2)14-12(11)7-10;1-2/h3-4,6-8,13H,5H2,1-2H3;1-2H3. The number of hydrogen-bond acceptors (Lipinski definition) is 2. The lowest BCUT2D eigenvalue weighted by atomic mass is 10.1. The highest BCUT2D eigenvalue weighted by molar-refractivity contribution is 7.19. The molecule has 2 heteroatoms. The summed E-state index contributed by atoms with van der Waals surface area (Å²) >= 11 is 1.81. The van der Waals surface area contributed by atoms with Crippen LogP contribution in [0.25, 0.3) is 10.1 Å². The first kappa shape index (κ1) is 13.2. The van der Waals surface area contributed by atoms with E-state index >= 15 is 0 Å². The van der Waals surface area contributed by atoms with Crippen LogP contribution in [-0.2, 0) is 6.42 Å². The molecule has 0 aliphatic rings. The molecule has 88 valence electrons. The van der Waals surface area contributed by atoms with Gasteiger partial charge in [-0.3, -0.25) is 0 Å². The van der Waals surface area contributed by atoms with Crippen molar-refractivity contribution in [3.63, 3.8) is 0 Å². The normalized spacial score (nSPS) is 12.1. The third-order valence-electron chi connectivity index (χ3n) is 2.24. The summed E-state index contributed by atoms with van der Waals surface area (Å²) < 4.78 is 1.32. The Morgan fingerprint density at radius 3 is 2.56 bits per heavy atom. The van der Waals surface area contributed by atoms with Crippen molar-refractivity contribution < 1.29 is 5.11 Å². The molecule has 1 heterocycles. The number of fused-ring (bicyclic) bond motifs is 1. The second kappa shape index (κ2) is 6.02. The lowest BCUT2D eigenvalue weighted by Crippen LogP contribution is -2.03. The van der Waals surface area contributed by atoms with Crippen LogP contribution in [0.3, 0.4) is 0 Å². The maximum Gasteiger partial charge on any atom is 0.0552 e. The average Bonchev–Trinajstić information content (AvgIpc) is 2.59. The molecule has 0 fully saturated rings. The summed E-state index contributed by atoms with van der Waals surface area (Å²) in [5.74, 6) is 0. The van der Waals surface area contributed by atoms with Gasteiger partial charge in [0.1, 0.15) is 0 Å². The Bertz CT molecular complexity index is 443. The molecular weight excluding hydrogens is 216 g/mol. The van der Waals surface area contributed by atoms with Gasteiger partial charge < -0.3 is 5.11 Å². The van der Waals surface area contributed by atoms with Gasteiger partial charge in [-0.15, -0.1) is 11.3 Å². The first-order chi connectivity index (χ1) is 7.65. The van der Waals surface area contributed by atoms with Gasteiger partial charge in [0, 0.05) is 9.58 Å². The molecule has 16 heavy (non-hydrogen) atoms. The average molecular weight is 236 g/mol. The number of thiophene rings is 1. The van der Waals surface area contributed by atoms with Gasteiger partial charge in [-0.2, -0.15) is 0 Å². The third-order valence-corrected chi connectivity index (χ3v) is 3.25. The quantitative estimate of drug-likeness (QED) is 0.830. The van der Waals surface area contributed by atoms with E-state index in [4.69, 9.17) is 0 Å². The van der Waals surface area contributed by atoms with Crippen molar-refractivity contribution in [2.75, 3.05) is 0 Å². The van der Waals surface area contributed by atoms with Gasteiger partial charge in [-0.25, -0.2) is 0 Å². The molecule has 0 bridgehead atoms. The Morgan fingerprint density at radius 2 is 1.94 bits per heavy atom. The predicted octanol–water partition coefficient (Wildman–Crippen LogP) is 4.16. The topological polar surface area (TPSA) is 20.2 Å². The van der Waals surface area contributed by atoms with Crippen molar-refractivity contribution in [2.45, 2.75) is 40.2 Å². The fourth-order valence-electron chi connectivity index (χ4n) is 1.68. The molecule has 0 amide bonds. The lowest BCUT2D eigenvalue weighted by Gasteiger charge is -2.03. The molecular formula is C14H20OS. The van der Waals surface area contributed by atoms with Crippen molar-refractivity contribution in [1.29, 1.82) is 0 Å². The zero-order valence-electron chi connectivity index (χ0n) is 10.4. The highest BCUT2D eigenvalue weighted by Gasteiger charge is 2.02. The van der Waals surface area contributed by atoms with Crippen molar-refractivity contribution in [3.8, 4) is 0 Å². The maximum atomic E-state index is 9.29. The number of benzene rings is 1. The van der Waals surface area contributed by atoms with E-state index in [1.165, 1.54) is 20.5 Å². The van der Waals surface area contributed by atoms with E-state index in [9.17, 15) is 5.11 Å². The van der Waals surface area contributed by atoms with Crippen LogP contribution >= 0.6 is 11.3 Å². The number of aliphatic hydroxyl groups excluding tert-OH is 1. The summed E-state index contributed by atoms with van der Waals surface area (Å²) in [5.41, 5.74) is 1.22. The molecule has 1 nitrogen and oxygen atoms in total. The Hall–Kier alpha value is -0.860. The van der Waals surface area contributed by atoms with Crippen LogP contribution in [0.4, 0.5) is 0 Å². The molecule has 0 saturated carbocycles. The predicted molar refractivity (Wildman–Crippen MR) is 73.3 cm³/mol. The monoisotopic (exact) mass is 236 g/mol. The highest BCUT2D eigenvalue weighted by atomic mass is 32.1. The zero-order chi connectivity index (χ0) is 12.1. The molecule has 1 atom stereocenters. The van der Waals surface area contributed by atoms with Gasteiger partial charge in [0.25, 0.3) is 0 Å². The molecule has 0 aliphatic carbocycles. The maximum absolute atomic E-state index is 9.29. The summed E-state index contributed by atoms with van der Waals surface area (Å²) in [6.45, 7) is 7.95. The van der Waals surface area contributed by atoms with Crippen molar-refractivity contribution in [3.05, 3.63) is 34.7 Å². The van der Waals surface area contributed by atoms with Crippen LogP contribution in [-0.4, -0.2) is 11.2 Å². The van der Waals surface area contributed by atoms with Crippen LogP contribution in [0.2, 0.25) is 0 Å². The van der Waals surface area contributed by atoms with E-state index in [1.807, 2.05) is 32.1 Å². The van der Waals surface area contributed by atoms with E-state index in [0.717, 1.165) is 6.42 Å². The second-order valence-electron chi connectivity index (χ2n) is 3.78. The van der Waals surface area contributed by atoms with E-state index in [1.54, 1.807) is 0 Å². The fraction of sp³-hybridized carbons (Fsp3) is 0.429. The molecule has 0 saturated heterocycles. The Morgan fingerprint density at radius 1 is 1.25 bits per heavy atom. The highest BCUT2D eigenvalue weighted by Crippen LogP contribution is 2.26. The number of rotatable bonds is 2. The summed E-state index contributed by atoms with van der Waals surface area (Å²) in [5, 5.41) is 10.6.